The Morgan fingerprint density at radius 2 is 2.18 bits per heavy atom. The first-order valence-corrected chi connectivity index (χ1v) is 6.97. The summed E-state index contributed by atoms with van der Waals surface area (Å²) in [5.41, 5.74) is 2.21. The van der Waals surface area contributed by atoms with E-state index in [1.165, 1.54) is 13.4 Å². The molecule has 2 aromatic heterocycles. The minimum absolute atomic E-state index is 0.0916. The maximum absolute atomic E-state index is 12.0. The zero-order valence-corrected chi connectivity index (χ0v) is 12.2. The number of aromatic amines is 1. The van der Waals surface area contributed by atoms with E-state index in [-0.39, 0.29) is 5.91 Å². The van der Waals surface area contributed by atoms with Crippen LogP contribution in [0.4, 0.5) is 5.82 Å². The van der Waals surface area contributed by atoms with Crippen LogP contribution in [-0.4, -0.2) is 28.0 Å². The molecule has 0 aliphatic heterocycles. The minimum Gasteiger partial charge on any atom is -0.481 e. The number of ether oxygens (including phenoxy) is 1. The number of aryl methyl sites for hydroxylation is 1. The van der Waals surface area contributed by atoms with Crippen LogP contribution >= 0.6 is 0 Å². The van der Waals surface area contributed by atoms with Gasteiger partial charge in [-0.05, 0) is 18.1 Å². The van der Waals surface area contributed by atoms with Crippen molar-refractivity contribution in [3.8, 4) is 5.88 Å². The van der Waals surface area contributed by atoms with Crippen molar-refractivity contribution in [1.82, 2.24) is 15.0 Å². The largest absolute Gasteiger partial charge is 0.481 e. The fourth-order valence-corrected chi connectivity index (χ4v) is 2.31. The van der Waals surface area contributed by atoms with Gasteiger partial charge in [-0.3, -0.25) is 4.79 Å². The van der Waals surface area contributed by atoms with Crippen LogP contribution in [0, 0.1) is 0 Å². The van der Waals surface area contributed by atoms with Gasteiger partial charge in [0.1, 0.15) is 12.1 Å². The van der Waals surface area contributed by atoms with Gasteiger partial charge in [0.05, 0.1) is 7.11 Å². The maximum Gasteiger partial charge on any atom is 0.225 e. The number of amides is 1. The van der Waals surface area contributed by atoms with Crippen LogP contribution in [0.1, 0.15) is 12.0 Å². The third-order valence-electron chi connectivity index (χ3n) is 3.41. The summed E-state index contributed by atoms with van der Waals surface area (Å²) in [4.78, 5) is 23.1. The number of benzene rings is 1. The van der Waals surface area contributed by atoms with E-state index in [2.05, 4.69) is 20.3 Å². The highest BCUT2D eigenvalue weighted by atomic mass is 16.5. The van der Waals surface area contributed by atoms with Crippen LogP contribution in [0.5, 0.6) is 5.88 Å². The van der Waals surface area contributed by atoms with Gasteiger partial charge in [0.2, 0.25) is 11.8 Å². The number of carbonyl (C=O) groups is 1. The molecule has 3 rings (SSSR count). The molecule has 2 N–H and O–H groups in total. The highest BCUT2D eigenvalue weighted by molar-refractivity contribution is 5.90. The molecule has 22 heavy (non-hydrogen) atoms. The molecule has 3 aromatic rings. The van der Waals surface area contributed by atoms with Crippen LogP contribution in [0.15, 0.2) is 42.9 Å². The van der Waals surface area contributed by atoms with Gasteiger partial charge in [0, 0.05) is 29.6 Å². The first-order valence-electron chi connectivity index (χ1n) is 6.97. The molecule has 0 aliphatic rings. The highest BCUT2D eigenvalue weighted by Crippen LogP contribution is 2.19. The van der Waals surface area contributed by atoms with Crippen LogP contribution in [0.2, 0.25) is 0 Å². The van der Waals surface area contributed by atoms with E-state index in [9.17, 15) is 4.79 Å². The quantitative estimate of drug-likeness (QED) is 0.758. The second kappa shape index (κ2) is 6.26. The molecule has 0 fully saturated rings. The van der Waals surface area contributed by atoms with E-state index in [1.807, 2.05) is 30.5 Å². The summed E-state index contributed by atoms with van der Waals surface area (Å²) in [7, 11) is 1.52. The van der Waals surface area contributed by atoms with Crippen molar-refractivity contribution in [2.45, 2.75) is 12.8 Å². The predicted molar refractivity (Wildman–Crippen MR) is 83.8 cm³/mol. The van der Waals surface area contributed by atoms with Crippen LogP contribution in [-0.2, 0) is 11.2 Å². The normalized spacial score (nSPS) is 10.6. The molecule has 0 aliphatic carbocycles. The number of H-pyrrole nitrogens is 1. The molecule has 2 heterocycles. The Morgan fingerprint density at radius 1 is 1.32 bits per heavy atom. The summed E-state index contributed by atoms with van der Waals surface area (Å²) in [6.07, 6.45) is 4.35. The molecule has 0 unspecified atom stereocenters. The maximum atomic E-state index is 12.0. The van der Waals surface area contributed by atoms with Gasteiger partial charge in [-0.25, -0.2) is 9.97 Å². The molecule has 0 radical (unpaired) electrons. The molecule has 112 valence electrons. The Morgan fingerprint density at radius 3 is 3.05 bits per heavy atom. The number of aromatic nitrogens is 3. The van der Waals surface area contributed by atoms with E-state index in [0.717, 1.165) is 16.5 Å². The first-order chi connectivity index (χ1) is 10.8. The number of carbonyl (C=O) groups excluding carboxylic acids is 1. The topological polar surface area (TPSA) is 79.9 Å². The molecule has 6 nitrogen and oxygen atoms in total. The number of fused-ring (bicyclic) bond motifs is 1. The number of para-hydroxylation sites is 1. The van der Waals surface area contributed by atoms with Gasteiger partial charge in [-0.15, -0.1) is 0 Å². The molecule has 0 bridgehead atoms. The Kier molecular flexibility index (Phi) is 4.00. The lowest BCUT2D eigenvalue weighted by molar-refractivity contribution is -0.116. The highest BCUT2D eigenvalue weighted by Gasteiger charge is 2.08. The second-order valence-electron chi connectivity index (χ2n) is 4.85. The molecule has 6 heteroatoms. The van der Waals surface area contributed by atoms with Crippen LogP contribution < -0.4 is 10.1 Å². The second-order valence-corrected chi connectivity index (χ2v) is 4.85. The van der Waals surface area contributed by atoms with E-state index in [4.69, 9.17) is 4.74 Å². The standard InChI is InChI=1S/C16H16N4O2/c1-22-16-8-14(18-10-19-16)20-15(21)7-6-11-9-17-13-5-3-2-4-12(11)13/h2-5,8-10,17H,6-7H2,1H3,(H,18,19,20,21). The SMILES string of the molecule is COc1cc(NC(=O)CCc2c[nH]c3ccccc23)ncn1. The van der Waals surface area contributed by atoms with Crippen molar-refractivity contribution in [2.75, 3.05) is 12.4 Å². The summed E-state index contributed by atoms with van der Waals surface area (Å²) in [6, 6.07) is 9.63. The fourth-order valence-electron chi connectivity index (χ4n) is 2.31. The van der Waals surface area contributed by atoms with Crippen molar-refractivity contribution in [1.29, 1.82) is 0 Å². The predicted octanol–water partition coefficient (Wildman–Crippen LogP) is 2.54. The van der Waals surface area contributed by atoms with Gasteiger partial charge in [0.15, 0.2) is 0 Å². The Balaban J connectivity index is 1.62. The lowest BCUT2D eigenvalue weighted by Gasteiger charge is -2.05. The van der Waals surface area contributed by atoms with Gasteiger partial charge in [-0.1, -0.05) is 18.2 Å². The number of hydrogen-bond donors (Lipinski definition) is 2. The summed E-state index contributed by atoms with van der Waals surface area (Å²) in [5, 5.41) is 3.90. The van der Waals surface area contributed by atoms with E-state index < -0.39 is 0 Å². The first kappa shape index (κ1) is 14.1. The smallest absolute Gasteiger partial charge is 0.225 e. The van der Waals surface area contributed by atoms with Crippen LogP contribution in [0.25, 0.3) is 10.9 Å². The van der Waals surface area contributed by atoms with Crippen molar-refractivity contribution >= 4 is 22.6 Å². The number of rotatable bonds is 5. The van der Waals surface area contributed by atoms with E-state index in [1.54, 1.807) is 6.07 Å². The Labute approximate surface area is 127 Å². The molecule has 1 amide bonds. The van der Waals surface area contributed by atoms with E-state index >= 15 is 0 Å². The molecular weight excluding hydrogens is 280 g/mol. The minimum atomic E-state index is -0.0916. The molecule has 0 atom stereocenters. The van der Waals surface area contributed by atoms with Crippen molar-refractivity contribution in [2.24, 2.45) is 0 Å². The number of methoxy groups -OCH3 is 1. The zero-order valence-electron chi connectivity index (χ0n) is 12.2. The third-order valence-corrected chi connectivity index (χ3v) is 3.41. The average Bonchev–Trinajstić information content (AvgIpc) is 2.96. The molecule has 1 aromatic carbocycles. The fraction of sp³-hybridized carbons (Fsp3) is 0.188. The monoisotopic (exact) mass is 296 g/mol. The summed E-state index contributed by atoms with van der Waals surface area (Å²) in [5.74, 6) is 0.767. The molecular formula is C16H16N4O2. The van der Waals surface area contributed by atoms with Gasteiger partial charge < -0.3 is 15.0 Å². The Hall–Kier alpha value is -2.89. The number of nitrogens with one attached hydrogen (secondary N) is 2. The van der Waals surface area contributed by atoms with Gasteiger partial charge >= 0.3 is 0 Å². The molecule has 0 saturated heterocycles. The van der Waals surface area contributed by atoms with Gasteiger partial charge in [-0.2, -0.15) is 0 Å². The van der Waals surface area contributed by atoms with Crippen molar-refractivity contribution in [3.05, 3.63) is 48.4 Å². The van der Waals surface area contributed by atoms with Crippen molar-refractivity contribution < 1.29 is 9.53 Å². The van der Waals surface area contributed by atoms with Crippen molar-refractivity contribution in [3.63, 3.8) is 0 Å². The Bertz CT molecular complexity index is 797. The number of anilines is 1. The lowest BCUT2D eigenvalue weighted by Crippen LogP contribution is -2.13. The van der Waals surface area contributed by atoms with Gasteiger partial charge in [0.25, 0.3) is 0 Å². The molecule has 0 spiro atoms. The summed E-state index contributed by atoms with van der Waals surface area (Å²) < 4.78 is 5.00. The number of hydrogen-bond acceptors (Lipinski definition) is 4. The average molecular weight is 296 g/mol. The lowest BCUT2D eigenvalue weighted by atomic mass is 10.1. The van der Waals surface area contributed by atoms with Crippen LogP contribution in [0.3, 0.4) is 0 Å². The third kappa shape index (κ3) is 3.06. The number of nitrogens with zero attached hydrogens (tertiary/aromatic N) is 2. The summed E-state index contributed by atoms with van der Waals surface area (Å²) in [6.45, 7) is 0. The summed E-state index contributed by atoms with van der Waals surface area (Å²) >= 11 is 0. The molecule has 0 saturated carbocycles. The zero-order chi connectivity index (χ0) is 15.4. The van der Waals surface area contributed by atoms with E-state index in [0.29, 0.717) is 24.5 Å².